The van der Waals surface area contributed by atoms with E-state index >= 15 is 0 Å². The fourth-order valence-electron chi connectivity index (χ4n) is 11.2. The number of benzene rings is 9. The summed E-state index contributed by atoms with van der Waals surface area (Å²) in [5, 5.41) is 0. The zero-order chi connectivity index (χ0) is 39.4. The first-order valence-electron chi connectivity index (χ1n) is 20.9. The summed E-state index contributed by atoms with van der Waals surface area (Å²) in [6, 6.07) is 82.0. The van der Waals surface area contributed by atoms with Gasteiger partial charge in [-0.1, -0.05) is 191 Å². The zero-order valence-corrected chi connectivity index (χ0v) is 33.6. The first-order chi connectivity index (χ1) is 29.8. The number of para-hydroxylation sites is 4. The van der Waals surface area contributed by atoms with Gasteiger partial charge in [0.2, 0.25) is 13.4 Å². The van der Waals surface area contributed by atoms with Crippen LogP contribution in [0, 0.1) is 0 Å². The highest BCUT2D eigenvalue weighted by Crippen LogP contribution is 2.52. The summed E-state index contributed by atoms with van der Waals surface area (Å²) in [5.74, 6) is 0. The zero-order valence-electron chi connectivity index (χ0n) is 32.7. The maximum atomic E-state index is 2.50. The lowest BCUT2D eigenvalue weighted by atomic mass is 9.25. The number of hydrogen-bond acceptors (Lipinski definition) is 3. The normalized spacial score (nSPS) is 14.6. The van der Waals surface area contributed by atoms with Crippen LogP contribution in [-0.4, -0.2) is 13.4 Å². The van der Waals surface area contributed by atoms with Gasteiger partial charge in [0.1, 0.15) is 0 Å². The van der Waals surface area contributed by atoms with Crippen molar-refractivity contribution in [3.63, 3.8) is 0 Å². The number of fused-ring (bicyclic) bond motifs is 12. The molecule has 0 bridgehead atoms. The van der Waals surface area contributed by atoms with E-state index in [0.717, 1.165) is 0 Å². The van der Waals surface area contributed by atoms with Gasteiger partial charge in [-0.25, -0.2) is 0 Å². The Labute approximate surface area is 356 Å². The molecule has 4 heterocycles. The minimum absolute atomic E-state index is 0.0551. The quantitative estimate of drug-likeness (QED) is 0.165. The van der Waals surface area contributed by atoms with Gasteiger partial charge in [0.25, 0.3) is 0 Å². The molecular weight excluding hydrogens is 742 g/mol. The van der Waals surface area contributed by atoms with Crippen molar-refractivity contribution < 1.29 is 0 Å². The summed E-state index contributed by atoms with van der Waals surface area (Å²) in [5.41, 5.74) is 20.3. The second-order valence-corrected chi connectivity index (χ2v) is 17.4. The summed E-state index contributed by atoms with van der Waals surface area (Å²) in [6.07, 6.45) is 0. The van der Waals surface area contributed by atoms with Crippen LogP contribution in [0.2, 0.25) is 0 Å². The third kappa shape index (κ3) is 4.58. The van der Waals surface area contributed by atoms with Crippen molar-refractivity contribution in [3.05, 3.63) is 241 Å². The molecule has 13 rings (SSSR count). The molecule has 0 aromatic heterocycles. The van der Waals surface area contributed by atoms with Crippen LogP contribution in [0.3, 0.4) is 0 Å². The molecule has 0 N–H and O–H groups in total. The van der Waals surface area contributed by atoms with E-state index in [1.165, 1.54) is 98.9 Å². The van der Waals surface area contributed by atoms with Gasteiger partial charge in [-0.3, -0.25) is 0 Å². The second-order valence-electron chi connectivity index (χ2n) is 16.3. The number of nitrogens with zero attached hydrogens (tertiary/aromatic N) is 2. The third-order valence-corrected chi connectivity index (χ3v) is 14.6. The fourth-order valence-corrected chi connectivity index (χ4v) is 12.3. The average Bonchev–Trinajstić information content (AvgIpc) is 3.32. The van der Waals surface area contributed by atoms with Crippen molar-refractivity contribution in [2.24, 2.45) is 0 Å². The molecule has 4 aliphatic rings. The van der Waals surface area contributed by atoms with Gasteiger partial charge in [0, 0.05) is 32.5 Å². The monoisotopic (exact) mass is 778 g/mol. The van der Waals surface area contributed by atoms with Crippen LogP contribution in [0.25, 0.3) is 0 Å². The lowest BCUT2D eigenvalue weighted by Gasteiger charge is -2.51. The van der Waals surface area contributed by atoms with Gasteiger partial charge >= 0.3 is 0 Å². The maximum absolute atomic E-state index is 2.50. The predicted octanol–water partition coefficient (Wildman–Crippen LogP) is 9.45. The molecule has 4 aliphatic heterocycles. The Bertz CT molecular complexity index is 3090. The standard InChI is InChI=1S/C55H36B2N2S/c1-2-17-38(18-3-1)58-48-27-11-10-26-47(48)57-46-25-9-6-21-42(46)55(43-22-16-30-51(58)54(43)57)40-19-4-7-23-44(40)56(45-24-8-5-20-41(45)55)37-33-35-39(36-34-37)59-49-28-12-14-31-52(49)60-53-32-15-13-29-50(53)59/h1-36H. The lowest BCUT2D eigenvalue weighted by Crippen LogP contribution is -2.69. The van der Waals surface area contributed by atoms with Crippen LogP contribution in [0.4, 0.5) is 34.1 Å². The summed E-state index contributed by atoms with van der Waals surface area (Å²) in [4.78, 5) is 7.46. The minimum Gasteiger partial charge on any atom is -0.312 e. The van der Waals surface area contributed by atoms with Gasteiger partial charge in [-0.15, -0.1) is 0 Å². The van der Waals surface area contributed by atoms with Crippen molar-refractivity contribution in [1.29, 1.82) is 0 Å². The smallest absolute Gasteiger partial charge is 0.247 e. The Morgan fingerprint density at radius 2 is 0.750 bits per heavy atom. The summed E-state index contributed by atoms with van der Waals surface area (Å²) in [7, 11) is 0. The Kier molecular flexibility index (Phi) is 7.38. The van der Waals surface area contributed by atoms with E-state index in [9.17, 15) is 0 Å². The molecule has 60 heavy (non-hydrogen) atoms. The average molecular weight is 779 g/mol. The molecule has 0 amide bonds. The van der Waals surface area contributed by atoms with Crippen LogP contribution in [0.1, 0.15) is 22.3 Å². The Hall–Kier alpha value is -6.94. The van der Waals surface area contributed by atoms with E-state index in [-0.39, 0.29) is 13.4 Å². The van der Waals surface area contributed by atoms with Crippen molar-refractivity contribution >= 4 is 92.1 Å². The van der Waals surface area contributed by atoms with Gasteiger partial charge in [-0.2, -0.15) is 0 Å². The van der Waals surface area contributed by atoms with Crippen molar-refractivity contribution in [1.82, 2.24) is 0 Å². The highest BCUT2D eigenvalue weighted by molar-refractivity contribution is 7.99. The molecule has 0 fully saturated rings. The van der Waals surface area contributed by atoms with Crippen molar-refractivity contribution in [2.75, 3.05) is 9.80 Å². The number of rotatable bonds is 3. The van der Waals surface area contributed by atoms with E-state index in [1.807, 2.05) is 11.8 Å². The molecule has 0 saturated carbocycles. The fraction of sp³-hybridized carbons (Fsp3) is 0.0182. The Morgan fingerprint density at radius 3 is 1.37 bits per heavy atom. The van der Waals surface area contributed by atoms with Crippen molar-refractivity contribution in [3.8, 4) is 0 Å². The molecule has 9 aromatic carbocycles. The van der Waals surface area contributed by atoms with E-state index in [0.29, 0.717) is 0 Å². The SMILES string of the molecule is c1ccc(N2c3ccccc3B3c4ccccc4C4(c5ccccc5B(c5ccc(N6c7ccccc7Sc7ccccc76)cc5)c5ccccc54)c4cccc2c43)cc1. The van der Waals surface area contributed by atoms with Gasteiger partial charge in [0.05, 0.1) is 16.8 Å². The summed E-state index contributed by atoms with van der Waals surface area (Å²) >= 11 is 1.85. The van der Waals surface area contributed by atoms with Crippen LogP contribution >= 0.6 is 11.8 Å². The molecule has 1 spiro atoms. The first kappa shape index (κ1) is 34.0. The Balaban J connectivity index is 1.04. The topological polar surface area (TPSA) is 6.48 Å². The van der Waals surface area contributed by atoms with Gasteiger partial charge in [-0.05, 0) is 93.8 Å². The van der Waals surface area contributed by atoms with E-state index in [4.69, 9.17) is 0 Å². The summed E-state index contributed by atoms with van der Waals surface area (Å²) < 4.78 is 0. The molecule has 5 heteroatoms. The van der Waals surface area contributed by atoms with Gasteiger partial charge < -0.3 is 9.80 Å². The molecule has 2 nitrogen and oxygen atoms in total. The molecule has 9 aromatic rings. The highest BCUT2D eigenvalue weighted by atomic mass is 32.2. The highest BCUT2D eigenvalue weighted by Gasteiger charge is 2.55. The number of anilines is 6. The van der Waals surface area contributed by atoms with Crippen molar-refractivity contribution in [2.45, 2.75) is 15.2 Å². The van der Waals surface area contributed by atoms with E-state index in [2.05, 4.69) is 228 Å². The van der Waals surface area contributed by atoms with E-state index < -0.39 is 5.41 Å². The maximum Gasteiger partial charge on any atom is 0.247 e. The predicted molar refractivity (Wildman–Crippen MR) is 254 cm³/mol. The molecule has 0 saturated heterocycles. The molecule has 0 atom stereocenters. The molecule has 278 valence electrons. The third-order valence-electron chi connectivity index (χ3n) is 13.5. The van der Waals surface area contributed by atoms with Crippen LogP contribution < -0.4 is 42.6 Å². The van der Waals surface area contributed by atoms with Crippen LogP contribution in [-0.2, 0) is 5.41 Å². The van der Waals surface area contributed by atoms with Gasteiger partial charge in [0.15, 0.2) is 0 Å². The molecule has 0 aliphatic carbocycles. The lowest BCUT2D eigenvalue weighted by molar-refractivity contribution is 0.757. The minimum atomic E-state index is -0.532. The largest absolute Gasteiger partial charge is 0.312 e. The van der Waals surface area contributed by atoms with Crippen LogP contribution in [0.5, 0.6) is 0 Å². The van der Waals surface area contributed by atoms with E-state index in [1.54, 1.807) is 0 Å². The molecule has 0 radical (unpaired) electrons. The molecule has 0 unspecified atom stereocenters. The summed E-state index contributed by atoms with van der Waals surface area (Å²) in [6.45, 7) is 0.154. The number of hydrogen-bond donors (Lipinski definition) is 0. The second kappa shape index (κ2) is 13.0. The Morgan fingerprint density at radius 1 is 0.317 bits per heavy atom. The molecular formula is C55H36B2N2S. The van der Waals surface area contributed by atoms with Crippen LogP contribution in [0.15, 0.2) is 228 Å². The first-order valence-corrected chi connectivity index (χ1v) is 21.7.